The van der Waals surface area contributed by atoms with Gasteiger partial charge < -0.3 is 10.6 Å². The molecule has 0 aliphatic heterocycles. The van der Waals surface area contributed by atoms with Crippen LogP contribution in [-0.2, 0) is 0 Å². The third-order valence-corrected chi connectivity index (χ3v) is 2.69. The number of carbonyl (C=O) groups is 1. The highest BCUT2D eigenvalue weighted by Gasteiger charge is 2.70. The largest absolute Gasteiger partial charge is 0.424 e. The smallest absolute Gasteiger partial charge is 0.313 e. The Hall–Kier alpha value is -2.33. The maximum Gasteiger partial charge on any atom is 0.424 e. The first-order chi connectivity index (χ1) is 10.3. The van der Waals surface area contributed by atoms with Crippen LogP contribution in [0.2, 0.25) is 0 Å². The lowest BCUT2D eigenvalue weighted by molar-refractivity contribution is -0.286. The van der Waals surface area contributed by atoms with E-state index >= 15 is 0 Å². The molecule has 0 heterocycles. The van der Waals surface area contributed by atoms with E-state index in [0.717, 1.165) is 6.07 Å². The molecule has 0 aliphatic rings. The van der Waals surface area contributed by atoms with Gasteiger partial charge in [0, 0.05) is 11.8 Å². The minimum Gasteiger partial charge on any atom is -0.313 e. The second-order valence-electron chi connectivity index (χ2n) is 4.22. The molecule has 0 aliphatic carbocycles. The summed E-state index contributed by atoms with van der Waals surface area (Å²) in [6.45, 7) is 2.46. The van der Waals surface area contributed by atoms with Crippen molar-refractivity contribution in [1.29, 1.82) is 0 Å². The number of amides is 2. The molecule has 3 nitrogen and oxygen atoms in total. The first kappa shape index (κ1) is 18.7. The van der Waals surface area contributed by atoms with Crippen molar-refractivity contribution in [3.63, 3.8) is 0 Å². The van der Waals surface area contributed by atoms with Crippen LogP contribution in [0.15, 0.2) is 30.9 Å². The molecule has 0 fully saturated rings. The topological polar surface area (TPSA) is 41.1 Å². The van der Waals surface area contributed by atoms with Gasteiger partial charge in [-0.25, -0.2) is 13.6 Å². The normalized spacial score (nSPS) is 12.7. The average Bonchev–Trinajstić information content (AvgIpc) is 2.37. The number of benzene rings is 1. The van der Waals surface area contributed by atoms with Crippen LogP contribution in [0.5, 0.6) is 0 Å². The standard InChI is InChI=1S/C12H8F8N2O/c1-2-10(11(15,16)17,12(18,19)20)22-9(23)21-6-3-4-7(13)8(14)5-6/h2-5H,1H2,(H2,21,22,23). The third-order valence-electron chi connectivity index (χ3n) is 2.69. The summed E-state index contributed by atoms with van der Waals surface area (Å²) in [6, 6.07) is -0.287. The van der Waals surface area contributed by atoms with Gasteiger partial charge in [-0.05, 0) is 18.2 Å². The lowest BCUT2D eigenvalue weighted by Crippen LogP contribution is -2.66. The summed E-state index contributed by atoms with van der Waals surface area (Å²) in [5.74, 6) is -2.77. The fourth-order valence-corrected chi connectivity index (χ4v) is 1.50. The summed E-state index contributed by atoms with van der Waals surface area (Å²) in [5, 5.41) is 2.25. The minimum atomic E-state index is -5.93. The first-order valence-corrected chi connectivity index (χ1v) is 5.65. The Balaban J connectivity index is 3.07. The van der Waals surface area contributed by atoms with Gasteiger partial charge in [0.25, 0.3) is 5.54 Å². The predicted octanol–water partition coefficient (Wildman–Crippen LogP) is 4.14. The number of urea groups is 1. The molecule has 0 bridgehead atoms. The van der Waals surface area contributed by atoms with Gasteiger partial charge in [-0.15, -0.1) is 6.58 Å². The molecule has 0 saturated carbocycles. The molecular formula is C12H8F8N2O. The van der Waals surface area contributed by atoms with Crippen molar-refractivity contribution in [3.8, 4) is 0 Å². The molecule has 11 heteroatoms. The number of hydrogen-bond acceptors (Lipinski definition) is 1. The quantitative estimate of drug-likeness (QED) is 0.626. The van der Waals surface area contributed by atoms with Crippen LogP contribution in [0.25, 0.3) is 0 Å². The van der Waals surface area contributed by atoms with Crippen molar-refractivity contribution in [2.75, 3.05) is 5.32 Å². The van der Waals surface area contributed by atoms with E-state index in [1.54, 1.807) is 0 Å². The van der Waals surface area contributed by atoms with Crippen LogP contribution >= 0.6 is 0 Å². The highest BCUT2D eigenvalue weighted by atomic mass is 19.4. The van der Waals surface area contributed by atoms with Crippen molar-refractivity contribution in [2.24, 2.45) is 0 Å². The maximum absolute atomic E-state index is 12.9. The molecular weight excluding hydrogens is 340 g/mol. The maximum atomic E-state index is 12.9. The zero-order valence-electron chi connectivity index (χ0n) is 10.9. The van der Waals surface area contributed by atoms with Gasteiger partial charge in [-0.3, -0.25) is 0 Å². The number of carbonyl (C=O) groups excluding carboxylic acids is 1. The molecule has 2 amide bonds. The van der Waals surface area contributed by atoms with Crippen molar-refractivity contribution < 1.29 is 39.9 Å². The summed E-state index contributed by atoms with van der Waals surface area (Å²) in [4.78, 5) is 11.4. The number of anilines is 1. The van der Waals surface area contributed by atoms with Gasteiger partial charge >= 0.3 is 18.4 Å². The molecule has 1 aromatic rings. The van der Waals surface area contributed by atoms with Gasteiger partial charge in [0.2, 0.25) is 0 Å². The summed E-state index contributed by atoms with van der Waals surface area (Å²) in [7, 11) is 0. The molecule has 128 valence electrons. The number of alkyl halides is 6. The fourth-order valence-electron chi connectivity index (χ4n) is 1.50. The van der Waals surface area contributed by atoms with Crippen LogP contribution in [0.1, 0.15) is 0 Å². The van der Waals surface area contributed by atoms with Gasteiger partial charge in [-0.2, -0.15) is 26.3 Å². The molecule has 0 radical (unpaired) electrons. The first-order valence-electron chi connectivity index (χ1n) is 5.65. The molecule has 1 aromatic carbocycles. The monoisotopic (exact) mass is 348 g/mol. The number of rotatable bonds is 3. The minimum absolute atomic E-state index is 0.381. The number of hydrogen-bond donors (Lipinski definition) is 2. The molecule has 0 saturated heterocycles. The van der Waals surface area contributed by atoms with Crippen molar-refractivity contribution in [2.45, 2.75) is 17.9 Å². The van der Waals surface area contributed by atoms with Crippen LogP contribution in [0.4, 0.5) is 45.6 Å². The van der Waals surface area contributed by atoms with Gasteiger partial charge in [0.05, 0.1) is 0 Å². The molecule has 2 N–H and O–H groups in total. The molecule has 23 heavy (non-hydrogen) atoms. The SMILES string of the molecule is C=CC(NC(=O)Nc1ccc(F)c(F)c1)(C(F)(F)F)C(F)(F)F. The highest BCUT2D eigenvalue weighted by molar-refractivity contribution is 5.90. The van der Waals surface area contributed by atoms with Crippen molar-refractivity contribution in [3.05, 3.63) is 42.5 Å². The van der Waals surface area contributed by atoms with E-state index in [-0.39, 0.29) is 0 Å². The number of halogens is 8. The van der Waals surface area contributed by atoms with E-state index in [0.29, 0.717) is 17.4 Å². The Kier molecular flexibility index (Phi) is 4.92. The number of nitrogens with one attached hydrogen (secondary N) is 2. The van der Waals surface area contributed by atoms with Crippen LogP contribution in [-0.4, -0.2) is 23.9 Å². The Morgan fingerprint density at radius 3 is 1.91 bits per heavy atom. The van der Waals surface area contributed by atoms with Crippen molar-refractivity contribution >= 4 is 11.7 Å². The van der Waals surface area contributed by atoms with Gasteiger partial charge in [0.15, 0.2) is 11.6 Å². The lowest BCUT2D eigenvalue weighted by Gasteiger charge is -2.35. The van der Waals surface area contributed by atoms with E-state index in [1.807, 2.05) is 0 Å². The molecule has 1 rings (SSSR count). The van der Waals surface area contributed by atoms with E-state index in [4.69, 9.17) is 0 Å². The Morgan fingerprint density at radius 1 is 1.00 bits per heavy atom. The van der Waals surface area contributed by atoms with E-state index in [9.17, 15) is 39.9 Å². The predicted molar refractivity (Wildman–Crippen MR) is 63.6 cm³/mol. The highest BCUT2D eigenvalue weighted by Crippen LogP contribution is 2.43. The molecule has 0 spiro atoms. The van der Waals surface area contributed by atoms with E-state index in [2.05, 4.69) is 6.58 Å². The second kappa shape index (κ2) is 6.05. The Labute approximate surface area is 124 Å². The zero-order valence-corrected chi connectivity index (χ0v) is 10.9. The van der Waals surface area contributed by atoms with Gasteiger partial charge in [0.1, 0.15) is 0 Å². The Bertz CT molecular complexity index is 594. The zero-order chi connectivity index (χ0) is 18.1. The van der Waals surface area contributed by atoms with Crippen LogP contribution < -0.4 is 10.6 Å². The summed E-state index contributed by atoms with van der Waals surface area (Å²) >= 11 is 0. The van der Waals surface area contributed by atoms with E-state index in [1.165, 1.54) is 5.32 Å². The van der Waals surface area contributed by atoms with Gasteiger partial charge in [-0.1, -0.05) is 0 Å². The fraction of sp³-hybridized carbons (Fsp3) is 0.250. The van der Waals surface area contributed by atoms with Crippen LogP contribution in [0.3, 0.4) is 0 Å². The molecule has 0 atom stereocenters. The molecule has 0 aromatic heterocycles. The second-order valence-corrected chi connectivity index (χ2v) is 4.22. The lowest BCUT2D eigenvalue weighted by atomic mass is 9.98. The Morgan fingerprint density at radius 2 is 1.52 bits per heavy atom. The molecule has 0 unspecified atom stereocenters. The summed E-state index contributed by atoms with van der Waals surface area (Å²) in [6.07, 6.45) is -12.4. The van der Waals surface area contributed by atoms with Crippen molar-refractivity contribution in [1.82, 2.24) is 5.32 Å². The summed E-state index contributed by atoms with van der Waals surface area (Å²) < 4.78 is 102. The van der Waals surface area contributed by atoms with Crippen LogP contribution in [0, 0.1) is 11.6 Å². The summed E-state index contributed by atoms with van der Waals surface area (Å²) in [5.41, 5.74) is -5.26. The van der Waals surface area contributed by atoms with E-state index < -0.39 is 47.3 Å². The average molecular weight is 348 g/mol. The third kappa shape index (κ3) is 3.71.